The van der Waals surface area contributed by atoms with Gasteiger partial charge in [0.2, 0.25) is 0 Å². The Hall–Kier alpha value is -0.260. The second-order valence-corrected chi connectivity index (χ2v) is 5.39. The first-order valence-electron chi connectivity index (χ1n) is 6.87. The van der Waals surface area contributed by atoms with Gasteiger partial charge in [-0.05, 0) is 49.9 Å². The molecule has 3 unspecified atom stereocenters. The first-order chi connectivity index (χ1) is 7.19. The largest absolute Gasteiger partial charge is 0.0853 e. The number of hydrogen-bond acceptors (Lipinski definition) is 0. The van der Waals surface area contributed by atoms with Gasteiger partial charge in [0.1, 0.15) is 0 Å². The van der Waals surface area contributed by atoms with Crippen LogP contribution in [0.15, 0.2) is 11.6 Å². The summed E-state index contributed by atoms with van der Waals surface area (Å²) in [5.74, 6) is 2.90. The molecule has 0 spiro atoms. The lowest BCUT2D eigenvalue weighted by atomic mass is 9.91. The van der Waals surface area contributed by atoms with E-state index in [0.717, 1.165) is 17.8 Å². The van der Waals surface area contributed by atoms with Crippen LogP contribution in [0.2, 0.25) is 0 Å². The maximum Gasteiger partial charge on any atom is -0.0232 e. The SMILES string of the molecule is CCC=C(CCC1CC1C)C(C)CCC. The van der Waals surface area contributed by atoms with Gasteiger partial charge in [-0.3, -0.25) is 0 Å². The molecule has 3 atom stereocenters. The van der Waals surface area contributed by atoms with Gasteiger partial charge >= 0.3 is 0 Å². The molecule has 0 aromatic heterocycles. The Kier molecular flexibility index (Phi) is 5.42. The zero-order valence-electron chi connectivity index (χ0n) is 11.1. The minimum absolute atomic E-state index is 0.823. The fourth-order valence-corrected chi connectivity index (χ4v) is 2.58. The van der Waals surface area contributed by atoms with Crippen LogP contribution in [0, 0.1) is 17.8 Å². The van der Waals surface area contributed by atoms with Crippen LogP contribution in [0.4, 0.5) is 0 Å². The van der Waals surface area contributed by atoms with Gasteiger partial charge in [-0.25, -0.2) is 0 Å². The van der Waals surface area contributed by atoms with Gasteiger partial charge in [0, 0.05) is 0 Å². The Labute approximate surface area is 96.2 Å². The monoisotopic (exact) mass is 208 g/mol. The van der Waals surface area contributed by atoms with Gasteiger partial charge in [0.15, 0.2) is 0 Å². The molecule has 1 aliphatic rings. The van der Waals surface area contributed by atoms with Crippen molar-refractivity contribution < 1.29 is 0 Å². The van der Waals surface area contributed by atoms with Crippen LogP contribution in [0.25, 0.3) is 0 Å². The van der Waals surface area contributed by atoms with E-state index in [2.05, 4.69) is 33.8 Å². The first-order valence-corrected chi connectivity index (χ1v) is 6.87. The predicted octanol–water partition coefficient (Wildman–Crippen LogP) is 5.20. The molecule has 0 heteroatoms. The Morgan fingerprint density at radius 1 is 1.40 bits per heavy atom. The quantitative estimate of drug-likeness (QED) is 0.505. The summed E-state index contributed by atoms with van der Waals surface area (Å²) in [6, 6.07) is 0. The molecule has 0 heterocycles. The average molecular weight is 208 g/mol. The van der Waals surface area contributed by atoms with Crippen LogP contribution in [-0.4, -0.2) is 0 Å². The number of hydrogen-bond donors (Lipinski definition) is 0. The molecule has 0 saturated heterocycles. The molecule has 1 fully saturated rings. The minimum Gasteiger partial charge on any atom is -0.0853 e. The molecule has 0 radical (unpaired) electrons. The predicted molar refractivity (Wildman–Crippen MR) is 69.0 cm³/mol. The molecule has 0 aromatic rings. The van der Waals surface area contributed by atoms with Crippen LogP contribution < -0.4 is 0 Å². The van der Waals surface area contributed by atoms with E-state index in [0.29, 0.717) is 0 Å². The van der Waals surface area contributed by atoms with E-state index in [1.54, 1.807) is 5.57 Å². The van der Waals surface area contributed by atoms with E-state index < -0.39 is 0 Å². The summed E-state index contributed by atoms with van der Waals surface area (Å²) in [5.41, 5.74) is 1.73. The van der Waals surface area contributed by atoms with Gasteiger partial charge in [-0.2, -0.15) is 0 Å². The summed E-state index contributed by atoms with van der Waals surface area (Å²) in [5, 5.41) is 0. The Morgan fingerprint density at radius 2 is 2.07 bits per heavy atom. The van der Waals surface area contributed by atoms with E-state index in [-0.39, 0.29) is 0 Å². The van der Waals surface area contributed by atoms with Gasteiger partial charge in [-0.15, -0.1) is 0 Å². The summed E-state index contributed by atoms with van der Waals surface area (Å²) in [4.78, 5) is 0. The third-order valence-electron chi connectivity index (χ3n) is 3.90. The van der Waals surface area contributed by atoms with Crippen molar-refractivity contribution in [2.45, 2.75) is 66.2 Å². The highest BCUT2D eigenvalue weighted by Crippen LogP contribution is 2.42. The molecule has 88 valence electrons. The average Bonchev–Trinajstić information content (AvgIpc) is 2.89. The zero-order valence-corrected chi connectivity index (χ0v) is 11.1. The maximum absolute atomic E-state index is 2.48. The highest BCUT2D eigenvalue weighted by atomic mass is 14.4. The molecule has 1 rings (SSSR count). The molecular formula is C15H28. The third kappa shape index (κ3) is 4.40. The van der Waals surface area contributed by atoms with Crippen LogP contribution in [0.1, 0.15) is 66.2 Å². The lowest BCUT2D eigenvalue weighted by Gasteiger charge is -2.15. The lowest BCUT2D eigenvalue weighted by Crippen LogP contribution is -2.00. The van der Waals surface area contributed by atoms with Crippen LogP contribution in [0.5, 0.6) is 0 Å². The maximum atomic E-state index is 2.48. The summed E-state index contributed by atoms with van der Waals surface area (Å²) >= 11 is 0. The van der Waals surface area contributed by atoms with E-state index in [9.17, 15) is 0 Å². The highest BCUT2D eigenvalue weighted by Gasteiger charge is 2.31. The fourth-order valence-electron chi connectivity index (χ4n) is 2.58. The lowest BCUT2D eigenvalue weighted by molar-refractivity contribution is 0.551. The fraction of sp³-hybridized carbons (Fsp3) is 0.867. The number of allylic oxidation sites excluding steroid dienone is 2. The Bertz CT molecular complexity index is 202. The van der Waals surface area contributed by atoms with Crippen LogP contribution in [0.3, 0.4) is 0 Å². The van der Waals surface area contributed by atoms with Gasteiger partial charge in [0.05, 0.1) is 0 Å². The minimum atomic E-state index is 0.823. The molecule has 0 aromatic carbocycles. The summed E-state index contributed by atoms with van der Waals surface area (Å²) in [6.45, 7) is 9.35. The zero-order chi connectivity index (χ0) is 11.3. The Morgan fingerprint density at radius 3 is 2.53 bits per heavy atom. The van der Waals surface area contributed by atoms with E-state index >= 15 is 0 Å². The van der Waals surface area contributed by atoms with Gasteiger partial charge in [-0.1, -0.05) is 45.8 Å². The topological polar surface area (TPSA) is 0 Å². The third-order valence-corrected chi connectivity index (χ3v) is 3.90. The van der Waals surface area contributed by atoms with Crippen molar-refractivity contribution in [3.63, 3.8) is 0 Å². The second kappa shape index (κ2) is 6.35. The van der Waals surface area contributed by atoms with Crippen molar-refractivity contribution in [2.75, 3.05) is 0 Å². The molecule has 0 nitrogen and oxygen atoms in total. The smallest absolute Gasteiger partial charge is 0.0232 e. The molecular weight excluding hydrogens is 180 g/mol. The van der Waals surface area contributed by atoms with Gasteiger partial charge < -0.3 is 0 Å². The summed E-state index contributed by atoms with van der Waals surface area (Å²) < 4.78 is 0. The van der Waals surface area contributed by atoms with Crippen molar-refractivity contribution in [1.29, 1.82) is 0 Å². The van der Waals surface area contributed by atoms with Crippen molar-refractivity contribution in [1.82, 2.24) is 0 Å². The summed E-state index contributed by atoms with van der Waals surface area (Å²) in [7, 11) is 0. The van der Waals surface area contributed by atoms with E-state index in [1.807, 2.05) is 0 Å². The first kappa shape index (κ1) is 12.8. The van der Waals surface area contributed by atoms with Crippen LogP contribution >= 0.6 is 0 Å². The van der Waals surface area contributed by atoms with E-state index in [4.69, 9.17) is 0 Å². The highest BCUT2D eigenvalue weighted by molar-refractivity contribution is 5.06. The van der Waals surface area contributed by atoms with Crippen molar-refractivity contribution >= 4 is 0 Å². The van der Waals surface area contributed by atoms with Crippen molar-refractivity contribution in [3.8, 4) is 0 Å². The molecule has 0 bridgehead atoms. The molecule has 0 N–H and O–H groups in total. The molecule has 0 amide bonds. The van der Waals surface area contributed by atoms with Crippen LogP contribution in [-0.2, 0) is 0 Å². The van der Waals surface area contributed by atoms with Gasteiger partial charge in [0.25, 0.3) is 0 Å². The molecule has 1 saturated carbocycles. The number of rotatable bonds is 7. The van der Waals surface area contributed by atoms with Crippen molar-refractivity contribution in [3.05, 3.63) is 11.6 Å². The molecule has 15 heavy (non-hydrogen) atoms. The Balaban J connectivity index is 2.32. The summed E-state index contributed by atoms with van der Waals surface area (Å²) in [6.07, 6.45) is 10.7. The van der Waals surface area contributed by atoms with E-state index in [1.165, 1.54) is 38.5 Å². The standard InChI is InChI=1S/C15H28/c1-5-7-12(3)14(8-6-2)9-10-15-11-13(15)4/h8,12-13,15H,5-7,9-11H2,1-4H3. The van der Waals surface area contributed by atoms with Crippen molar-refractivity contribution in [2.24, 2.45) is 17.8 Å². The normalized spacial score (nSPS) is 27.9. The second-order valence-electron chi connectivity index (χ2n) is 5.39. The molecule has 0 aliphatic heterocycles. The molecule has 1 aliphatic carbocycles.